The number of hydrogen-bond acceptors (Lipinski definition) is 3. The van der Waals surface area contributed by atoms with Crippen LogP contribution >= 0.6 is 11.6 Å². The molecule has 0 saturated heterocycles. The fourth-order valence-corrected chi connectivity index (χ4v) is 5.32. The van der Waals surface area contributed by atoms with E-state index in [1.807, 2.05) is 65.4 Å². The van der Waals surface area contributed by atoms with Gasteiger partial charge in [0.15, 0.2) is 0 Å². The lowest BCUT2D eigenvalue weighted by atomic mass is 9.88. The van der Waals surface area contributed by atoms with Crippen molar-refractivity contribution < 1.29 is 13.2 Å². The quantitative estimate of drug-likeness (QED) is 0.194. The molecule has 0 aliphatic heterocycles. The van der Waals surface area contributed by atoms with Crippen molar-refractivity contribution in [2.45, 2.75) is 18.2 Å². The van der Waals surface area contributed by atoms with Crippen LogP contribution in [0, 0.1) is 0 Å². The molecule has 186 valence electrons. The van der Waals surface area contributed by atoms with E-state index in [2.05, 4.69) is 31.2 Å². The molecule has 0 unspecified atom stereocenters. The van der Waals surface area contributed by atoms with Crippen LogP contribution < -0.4 is 4.72 Å². The highest BCUT2D eigenvalue weighted by molar-refractivity contribution is 7.90. The van der Waals surface area contributed by atoms with Gasteiger partial charge in [-0.05, 0) is 64.1 Å². The van der Waals surface area contributed by atoms with Gasteiger partial charge in [0, 0.05) is 11.1 Å². The standard InChI is InChI=1S/C31H26ClNO3S/c1-2-29(24-10-5-3-6-11-24)31(25-12-7-4-8-13-25)26-19-16-23(17-20-26)18-21-30(34)33-37(35,36)28-15-9-14-27(32)22-28/h3-22H,2H2,1H3,(H,33,34)/b21-18+,31-29-. The molecular weight excluding hydrogens is 502 g/mol. The fourth-order valence-electron chi connectivity index (χ4n) is 4.08. The van der Waals surface area contributed by atoms with Gasteiger partial charge < -0.3 is 0 Å². The number of allylic oxidation sites excluding steroid dienone is 1. The Kier molecular flexibility index (Phi) is 8.39. The highest BCUT2D eigenvalue weighted by Gasteiger charge is 2.16. The Labute approximate surface area is 223 Å². The van der Waals surface area contributed by atoms with Crippen LogP contribution in [0.1, 0.15) is 35.6 Å². The Bertz CT molecular complexity index is 1540. The first-order valence-electron chi connectivity index (χ1n) is 11.8. The van der Waals surface area contributed by atoms with Crippen LogP contribution in [-0.4, -0.2) is 14.3 Å². The molecule has 1 N–H and O–H groups in total. The largest absolute Gasteiger partial charge is 0.269 e. The summed E-state index contributed by atoms with van der Waals surface area (Å²) in [6, 6.07) is 34.2. The lowest BCUT2D eigenvalue weighted by Crippen LogP contribution is -2.28. The molecular formula is C31H26ClNO3S. The average molecular weight is 528 g/mol. The second-order valence-electron chi connectivity index (χ2n) is 8.32. The molecule has 0 aliphatic carbocycles. The van der Waals surface area contributed by atoms with Gasteiger partial charge >= 0.3 is 0 Å². The fraction of sp³-hybridized carbons (Fsp3) is 0.0645. The zero-order valence-corrected chi connectivity index (χ0v) is 21.8. The highest BCUT2D eigenvalue weighted by atomic mass is 35.5. The van der Waals surface area contributed by atoms with E-state index in [4.69, 9.17) is 11.6 Å². The van der Waals surface area contributed by atoms with Crippen LogP contribution in [0.5, 0.6) is 0 Å². The van der Waals surface area contributed by atoms with Gasteiger partial charge in [0.2, 0.25) is 0 Å². The number of carbonyl (C=O) groups excluding carboxylic acids is 1. The third-order valence-corrected chi connectivity index (χ3v) is 7.39. The van der Waals surface area contributed by atoms with Crippen LogP contribution in [0.4, 0.5) is 0 Å². The molecule has 0 heterocycles. The van der Waals surface area contributed by atoms with Gasteiger partial charge in [-0.1, -0.05) is 110 Å². The zero-order valence-electron chi connectivity index (χ0n) is 20.3. The number of carbonyl (C=O) groups is 1. The number of benzene rings is 4. The van der Waals surface area contributed by atoms with Crippen molar-refractivity contribution >= 4 is 44.8 Å². The van der Waals surface area contributed by atoms with Crippen molar-refractivity contribution in [3.05, 3.63) is 143 Å². The highest BCUT2D eigenvalue weighted by Crippen LogP contribution is 2.34. The average Bonchev–Trinajstić information content (AvgIpc) is 2.91. The number of halogens is 1. The van der Waals surface area contributed by atoms with Crippen LogP contribution in [0.25, 0.3) is 17.2 Å². The third-order valence-electron chi connectivity index (χ3n) is 5.81. The summed E-state index contributed by atoms with van der Waals surface area (Å²) in [5, 5.41) is 0.272. The van der Waals surface area contributed by atoms with Gasteiger partial charge in [-0.15, -0.1) is 0 Å². The lowest BCUT2D eigenvalue weighted by Gasteiger charge is -2.16. The topological polar surface area (TPSA) is 63.2 Å². The number of sulfonamides is 1. The Balaban J connectivity index is 1.59. The van der Waals surface area contributed by atoms with E-state index >= 15 is 0 Å². The number of nitrogens with one attached hydrogen (secondary N) is 1. The smallest absolute Gasteiger partial charge is 0.264 e. The maximum atomic E-state index is 12.4. The second-order valence-corrected chi connectivity index (χ2v) is 10.4. The van der Waals surface area contributed by atoms with E-state index in [1.165, 1.54) is 35.4 Å². The summed E-state index contributed by atoms with van der Waals surface area (Å²) in [5.74, 6) is -0.744. The Hall–Kier alpha value is -3.93. The van der Waals surface area contributed by atoms with Crippen LogP contribution in [0.2, 0.25) is 5.02 Å². The van der Waals surface area contributed by atoms with Crippen molar-refractivity contribution in [1.29, 1.82) is 0 Å². The van der Waals surface area contributed by atoms with Gasteiger partial charge in [-0.3, -0.25) is 4.79 Å². The molecule has 0 radical (unpaired) electrons. The van der Waals surface area contributed by atoms with Crippen molar-refractivity contribution in [2.24, 2.45) is 0 Å². The lowest BCUT2D eigenvalue weighted by molar-refractivity contribution is -0.114. The Morgan fingerprint density at radius 3 is 1.97 bits per heavy atom. The summed E-state index contributed by atoms with van der Waals surface area (Å²) >= 11 is 5.87. The molecule has 37 heavy (non-hydrogen) atoms. The van der Waals surface area contributed by atoms with E-state index < -0.39 is 15.9 Å². The second kappa shape index (κ2) is 11.9. The van der Waals surface area contributed by atoms with E-state index in [-0.39, 0.29) is 9.92 Å². The van der Waals surface area contributed by atoms with Crippen LogP contribution in [-0.2, 0) is 14.8 Å². The molecule has 0 saturated carbocycles. The van der Waals surface area contributed by atoms with Crippen molar-refractivity contribution in [3.63, 3.8) is 0 Å². The first-order valence-corrected chi connectivity index (χ1v) is 13.7. The summed E-state index contributed by atoms with van der Waals surface area (Å²) in [5.41, 5.74) is 6.50. The van der Waals surface area contributed by atoms with Gasteiger partial charge in [0.1, 0.15) is 0 Å². The van der Waals surface area contributed by atoms with Crippen molar-refractivity contribution in [2.75, 3.05) is 0 Å². The van der Waals surface area contributed by atoms with E-state index in [0.717, 1.165) is 28.7 Å². The van der Waals surface area contributed by atoms with Crippen molar-refractivity contribution in [1.82, 2.24) is 4.72 Å². The summed E-state index contributed by atoms with van der Waals surface area (Å²) in [4.78, 5) is 12.2. The summed E-state index contributed by atoms with van der Waals surface area (Å²) in [7, 11) is -4.02. The minimum Gasteiger partial charge on any atom is -0.269 e. The molecule has 0 spiro atoms. The van der Waals surface area contributed by atoms with Gasteiger partial charge in [0.05, 0.1) is 4.90 Å². The molecule has 0 aromatic heterocycles. The number of amides is 1. The van der Waals surface area contributed by atoms with Crippen LogP contribution in [0.15, 0.2) is 120 Å². The SMILES string of the molecule is CC/C(=C(\c1ccccc1)c1ccc(/C=C/C(=O)NS(=O)(=O)c2cccc(Cl)c2)cc1)c1ccccc1. The maximum absolute atomic E-state index is 12.4. The minimum atomic E-state index is -4.02. The monoisotopic (exact) mass is 527 g/mol. The van der Waals surface area contributed by atoms with E-state index in [0.29, 0.717) is 0 Å². The molecule has 0 aliphatic rings. The van der Waals surface area contributed by atoms with Gasteiger partial charge in [-0.25, -0.2) is 13.1 Å². The molecule has 0 atom stereocenters. The van der Waals surface area contributed by atoms with Gasteiger partial charge in [-0.2, -0.15) is 0 Å². The molecule has 4 rings (SSSR count). The number of rotatable bonds is 8. The minimum absolute atomic E-state index is 0.0727. The van der Waals surface area contributed by atoms with Gasteiger partial charge in [0.25, 0.3) is 15.9 Å². The molecule has 0 fully saturated rings. The molecule has 6 heteroatoms. The summed E-state index contributed by atoms with van der Waals surface area (Å²) in [6.45, 7) is 2.15. The van der Waals surface area contributed by atoms with E-state index in [1.54, 1.807) is 12.1 Å². The Morgan fingerprint density at radius 2 is 1.38 bits per heavy atom. The molecule has 1 amide bonds. The molecule has 4 aromatic carbocycles. The maximum Gasteiger partial charge on any atom is 0.264 e. The number of hydrogen-bond donors (Lipinski definition) is 1. The Morgan fingerprint density at radius 1 is 0.784 bits per heavy atom. The van der Waals surface area contributed by atoms with Crippen molar-refractivity contribution in [3.8, 4) is 0 Å². The molecule has 4 aromatic rings. The predicted octanol–water partition coefficient (Wildman–Crippen LogP) is 7.23. The third kappa shape index (κ3) is 6.64. The summed E-state index contributed by atoms with van der Waals surface area (Å²) < 4.78 is 26.9. The molecule has 4 nitrogen and oxygen atoms in total. The predicted molar refractivity (Wildman–Crippen MR) is 151 cm³/mol. The first kappa shape index (κ1) is 26.1. The summed E-state index contributed by atoms with van der Waals surface area (Å²) in [6.07, 6.45) is 3.64. The first-order chi connectivity index (χ1) is 17.9. The molecule has 0 bridgehead atoms. The van der Waals surface area contributed by atoms with E-state index in [9.17, 15) is 13.2 Å². The van der Waals surface area contributed by atoms with Crippen LogP contribution in [0.3, 0.4) is 0 Å². The normalized spacial score (nSPS) is 12.3. The zero-order chi connectivity index (χ0) is 26.3.